The predicted molar refractivity (Wildman–Crippen MR) is 215 cm³/mol. The molecule has 2 saturated heterocycles. The second kappa shape index (κ2) is 24.5. The van der Waals surface area contributed by atoms with Gasteiger partial charge in [0.1, 0.15) is 0 Å². The molecule has 0 unspecified atom stereocenters. The van der Waals surface area contributed by atoms with E-state index in [-0.39, 0.29) is 11.1 Å². The van der Waals surface area contributed by atoms with Gasteiger partial charge in [-0.05, 0) is 88.7 Å². The van der Waals surface area contributed by atoms with Gasteiger partial charge in [-0.2, -0.15) is 8.78 Å². The number of hydrogen-bond acceptors (Lipinski definition) is 7. The Hall–Kier alpha value is -3.42. The van der Waals surface area contributed by atoms with Crippen molar-refractivity contribution in [3.05, 3.63) is 58.7 Å². The van der Waals surface area contributed by atoms with Crippen LogP contribution < -0.4 is 0 Å². The molecule has 13 heteroatoms. The lowest BCUT2D eigenvalue weighted by Crippen LogP contribution is -2.42. The summed E-state index contributed by atoms with van der Waals surface area (Å²) >= 11 is 0. The fraction of sp³-hybridized carbons (Fsp3) is 0.682. The van der Waals surface area contributed by atoms with Crippen LogP contribution in [0.3, 0.4) is 0 Å². The SMILES string of the molecule is CN(CCCCCCCCCN1CCC(OC2CCN(CCCCCCCCCN(C)C(=O)c3ccc(O)c(F)c3F)CC2)CC1)C(=O)c1ccc(O)c(F)c1F. The molecule has 2 fully saturated rings. The van der Waals surface area contributed by atoms with E-state index >= 15 is 0 Å². The first kappa shape index (κ1) is 46.3. The van der Waals surface area contributed by atoms with E-state index in [2.05, 4.69) is 9.80 Å². The maximum Gasteiger partial charge on any atom is 0.256 e. The number of carbonyl (C=O) groups excluding carboxylic acids is 2. The van der Waals surface area contributed by atoms with E-state index in [1.54, 1.807) is 14.1 Å². The number of rotatable bonds is 24. The molecule has 4 rings (SSSR count). The molecule has 0 aliphatic carbocycles. The first-order valence-electron chi connectivity index (χ1n) is 21.4. The van der Waals surface area contributed by atoms with Crippen LogP contribution in [0.15, 0.2) is 24.3 Å². The zero-order valence-electron chi connectivity index (χ0n) is 34.3. The molecule has 2 aromatic rings. The smallest absolute Gasteiger partial charge is 0.256 e. The summed E-state index contributed by atoms with van der Waals surface area (Å²) in [6, 6.07) is 4.23. The summed E-state index contributed by atoms with van der Waals surface area (Å²) in [7, 11) is 3.17. The number of phenols is 2. The van der Waals surface area contributed by atoms with Gasteiger partial charge in [-0.25, -0.2) is 8.78 Å². The van der Waals surface area contributed by atoms with Crippen LogP contribution in [0.1, 0.15) is 136 Å². The van der Waals surface area contributed by atoms with Crippen LogP contribution in [0.5, 0.6) is 11.5 Å². The highest BCUT2D eigenvalue weighted by Crippen LogP contribution is 2.25. The molecule has 0 spiro atoms. The number of unbranched alkanes of at least 4 members (excludes halogenated alkanes) is 12. The number of amides is 2. The molecule has 0 bridgehead atoms. The van der Waals surface area contributed by atoms with E-state index in [4.69, 9.17) is 4.74 Å². The van der Waals surface area contributed by atoms with Gasteiger partial charge in [0, 0.05) is 53.4 Å². The molecule has 2 aliphatic heterocycles. The highest BCUT2D eigenvalue weighted by molar-refractivity contribution is 5.95. The molecule has 0 atom stereocenters. The van der Waals surface area contributed by atoms with Crippen molar-refractivity contribution in [2.75, 3.05) is 66.5 Å². The van der Waals surface area contributed by atoms with Crippen LogP contribution in [0.2, 0.25) is 0 Å². The minimum Gasteiger partial charge on any atom is -0.505 e. The molecule has 57 heavy (non-hydrogen) atoms. The van der Waals surface area contributed by atoms with Crippen molar-refractivity contribution in [3.8, 4) is 11.5 Å². The van der Waals surface area contributed by atoms with E-state index in [9.17, 15) is 37.4 Å². The van der Waals surface area contributed by atoms with Crippen molar-refractivity contribution < 1.29 is 42.1 Å². The van der Waals surface area contributed by atoms with Crippen LogP contribution in [-0.4, -0.2) is 120 Å². The van der Waals surface area contributed by atoms with Gasteiger partial charge in [-0.3, -0.25) is 9.59 Å². The second-order valence-corrected chi connectivity index (χ2v) is 16.1. The zero-order chi connectivity index (χ0) is 41.2. The maximum absolute atomic E-state index is 14.0. The minimum atomic E-state index is -1.39. The quantitative estimate of drug-likeness (QED) is 0.0809. The van der Waals surface area contributed by atoms with Crippen molar-refractivity contribution >= 4 is 11.8 Å². The van der Waals surface area contributed by atoms with Crippen LogP contribution in [0.25, 0.3) is 0 Å². The van der Waals surface area contributed by atoms with E-state index in [1.807, 2.05) is 0 Å². The lowest BCUT2D eigenvalue weighted by Gasteiger charge is -2.37. The molecule has 0 saturated carbocycles. The van der Waals surface area contributed by atoms with E-state index in [0.29, 0.717) is 25.3 Å². The molecule has 2 amide bonds. The number of benzene rings is 2. The van der Waals surface area contributed by atoms with Crippen LogP contribution in [0, 0.1) is 23.3 Å². The number of likely N-dealkylation sites (tertiary alicyclic amines) is 2. The summed E-state index contributed by atoms with van der Waals surface area (Å²) in [4.78, 5) is 32.9. The molecule has 9 nitrogen and oxygen atoms in total. The lowest BCUT2D eigenvalue weighted by molar-refractivity contribution is -0.0650. The summed E-state index contributed by atoms with van der Waals surface area (Å²) in [5, 5.41) is 18.5. The summed E-state index contributed by atoms with van der Waals surface area (Å²) < 4.78 is 61.8. The third kappa shape index (κ3) is 15.0. The number of piperidine rings is 2. The summed E-state index contributed by atoms with van der Waals surface area (Å²) in [5.41, 5.74) is -0.724. The molecular formula is C44H66F4N4O5. The van der Waals surface area contributed by atoms with Gasteiger partial charge >= 0.3 is 0 Å². The molecule has 0 aromatic heterocycles. The molecule has 2 aliphatic rings. The van der Waals surface area contributed by atoms with Gasteiger partial charge in [0.25, 0.3) is 11.8 Å². The highest BCUT2D eigenvalue weighted by Gasteiger charge is 2.26. The van der Waals surface area contributed by atoms with E-state index < -0.39 is 46.6 Å². The predicted octanol–water partition coefficient (Wildman–Crippen LogP) is 8.91. The number of ether oxygens (including phenoxy) is 1. The molecule has 2 aromatic carbocycles. The number of nitrogens with zero attached hydrogens (tertiary/aromatic N) is 4. The topological polar surface area (TPSA) is 96.8 Å². The fourth-order valence-electron chi connectivity index (χ4n) is 7.97. The molecular weight excluding hydrogens is 740 g/mol. The largest absolute Gasteiger partial charge is 0.505 e. The first-order valence-corrected chi connectivity index (χ1v) is 21.4. The van der Waals surface area contributed by atoms with Crippen molar-refractivity contribution in [3.63, 3.8) is 0 Å². The Morgan fingerprint density at radius 1 is 0.544 bits per heavy atom. The first-order chi connectivity index (χ1) is 27.5. The van der Waals surface area contributed by atoms with Crippen molar-refractivity contribution in [1.29, 1.82) is 0 Å². The number of phenolic OH excluding ortho intramolecular Hbond substituents is 2. The Kier molecular flexibility index (Phi) is 19.9. The van der Waals surface area contributed by atoms with Crippen molar-refractivity contribution in [2.45, 2.75) is 128 Å². The highest BCUT2D eigenvalue weighted by atomic mass is 19.2. The second-order valence-electron chi connectivity index (χ2n) is 16.1. The normalized spacial score (nSPS) is 16.0. The third-order valence-corrected chi connectivity index (χ3v) is 11.7. The van der Waals surface area contributed by atoms with Crippen molar-refractivity contribution in [1.82, 2.24) is 19.6 Å². The van der Waals surface area contributed by atoms with E-state index in [0.717, 1.165) is 141 Å². The number of hydrogen-bond donors (Lipinski definition) is 2. The maximum atomic E-state index is 14.0. The summed E-state index contributed by atoms with van der Waals surface area (Å²) in [5.74, 6) is -8.18. The van der Waals surface area contributed by atoms with Gasteiger partial charge < -0.3 is 34.5 Å². The average Bonchev–Trinajstić information content (AvgIpc) is 3.21. The van der Waals surface area contributed by atoms with Gasteiger partial charge in [0.15, 0.2) is 23.1 Å². The third-order valence-electron chi connectivity index (χ3n) is 11.7. The van der Waals surface area contributed by atoms with Crippen molar-refractivity contribution in [2.24, 2.45) is 0 Å². The van der Waals surface area contributed by atoms with Gasteiger partial charge in [-0.15, -0.1) is 0 Å². The zero-order valence-corrected chi connectivity index (χ0v) is 34.3. The van der Waals surface area contributed by atoms with E-state index in [1.165, 1.54) is 48.3 Å². The van der Waals surface area contributed by atoms with Gasteiger partial charge in [0.05, 0.1) is 23.3 Å². The Labute approximate surface area is 337 Å². The molecule has 2 N–H and O–H groups in total. The summed E-state index contributed by atoms with van der Waals surface area (Å²) in [6.07, 6.45) is 20.5. The van der Waals surface area contributed by atoms with Gasteiger partial charge in [-0.1, -0.05) is 64.2 Å². The Morgan fingerprint density at radius 2 is 0.860 bits per heavy atom. The minimum absolute atomic E-state index is 0.362. The number of aromatic hydroxyl groups is 2. The van der Waals surface area contributed by atoms with Crippen LogP contribution in [0.4, 0.5) is 17.6 Å². The Morgan fingerprint density at radius 3 is 1.21 bits per heavy atom. The van der Waals surface area contributed by atoms with Crippen LogP contribution >= 0.6 is 0 Å². The van der Waals surface area contributed by atoms with Crippen LogP contribution in [-0.2, 0) is 4.74 Å². The number of halogens is 4. The van der Waals surface area contributed by atoms with Gasteiger partial charge in [0.2, 0.25) is 11.6 Å². The Balaban J connectivity index is 0.913. The average molecular weight is 807 g/mol. The Bertz CT molecular complexity index is 1420. The summed E-state index contributed by atoms with van der Waals surface area (Å²) in [6.45, 7) is 7.67. The monoisotopic (exact) mass is 806 g/mol. The standard InChI is InChI=1S/C44H66F4N4O5/c1-49(43(55)35-17-19-37(53)41(47)39(35)45)25-13-9-5-3-7-11-15-27-51-29-21-33(22-30-51)57-34-23-31-52(32-24-34)28-16-12-8-4-6-10-14-26-50(2)44(56)36-18-20-38(54)42(48)40(36)46/h17-20,33-34,53-54H,3-16,21-32H2,1-2H3. The lowest BCUT2D eigenvalue weighted by atomic mass is 10.0. The molecule has 2 heterocycles. The number of carbonyl (C=O) groups is 2. The fourth-order valence-corrected chi connectivity index (χ4v) is 7.97. The molecule has 0 radical (unpaired) electrons. The molecule has 320 valence electrons.